The minimum absolute atomic E-state index is 0. The van der Waals surface area contributed by atoms with E-state index in [0.29, 0.717) is 0 Å². The van der Waals surface area contributed by atoms with Crippen molar-refractivity contribution in [1.82, 2.24) is 0 Å². The molecule has 6 nitrogen and oxygen atoms in total. The minimum Gasteiger partial charge on any atom is -0.870 e. The molecule has 0 aromatic carbocycles. The Kier molecular flexibility index (Phi) is 9920. The van der Waals surface area contributed by atoms with E-state index in [1.54, 1.807) is 0 Å². The van der Waals surface area contributed by atoms with Crippen LogP contribution < -0.4 is 0 Å². The van der Waals surface area contributed by atoms with E-state index >= 15 is 0 Å². The summed E-state index contributed by atoms with van der Waals surface area (Å²) in [4.78, 5) is 0. The van der Waals surface area contributed by atoms with Crippen molar-refractivity contribution >= 4 is 0 Å². The van der Waals surface area contributed by atoms with Gasteiger partial charge in [0.05, 0.1) is 0 Å². The van der Waals surface area contributed by atoms with Gasteiger partial charge in [-0.25, -0.2) is 0 Å². The zero-order valence-corrected chi connectivity index (χ0v) is 10.2. The largest absolute Gasteiger partial charge is 2.00 e. The van der Waals surface area contributed by atoms with Gasteiger partial charge in [-0.3, -0.25) is 0 Å². The first kappa shape index (κ1) is 350. The normalized spacial score (nSPS) is 0. The summed E-state index contributed by atoms with van der Waals surface area (Å²) in [6.07, 6.45) is 0. The molecule has 0 aliphatic rings. The summed E-state index contributed by atoms with van der Waals surface area (Å²) >= 11 is 0. The molecule has 0 spiro atoms. The van der Waals surface area contributed by atoms with Crippen molar-refractivity contribution in [3.05, 3.63) is 0 Å². The van der Waals surface area contributed by atoms with Gasteiger partial charge in [0.25, 0.3) is 0 Å². The van der Waals surface area contributed by atoms with E-state index in [9.17, 15) is 0 Å². The molecule has 0 atom stereocenters. The first-order chi connectivity index (χ1) is 0. The van der Waals surface area contributed by atoms with E-state index in [2.05, 4.69) is 0 Å². The summed E-state index contributed by atoms with van der Waals surface area (Å²) < 4.78 is 0. The number of hydrogen-bond acceptors (Lipinski definition) is 6. The molecule has 0 fully saturated rings. The summed E-state index contributed by atoms with van der Waals surface area (Å²) in [5, 5.41) is 0. The van der Waals surface area contributed by atoms with Crippen molar-refractivity contribution < 1.29 is 93.7 Å². The number of hydrogen-bond donors (Lipinski definition) is 0. The van der Waals surface area contributed by atoms with Gasteiger partial charge in [-0.05, 0) is 0 Å². The smallest absolute Gasteiger partial charge is 0.870 e. The van der Waals surface area contributed by atoms with Gasteiger partial charge in [-0.2, -0.15) is 0 Å². The van der Waals surface area contributed by atoms with Crippen LogP contribution in [0.4, 0.5) is 0 Å². The van der Waals surface area contributed by atoms with Crippen LogP contribution in [0, 0.1) is 0 Å². The fourth-order valence-electron chi connectivity index (χ4n) is 0. The van der Waals surface area contributed by atoms with Crippen molar-refractivity contribution in [2.24, 2.45) is 0 Å². The Morgan fingerprint density at radius 1 is 0.444 bits per heavy atom. The maximum atomic E-state index is 0. The van der Waals surface area contributed by atoms with Crippen LogP contribution in [0.2, 0.25) is 0 Å². The molecular formula is H6CdFeNiO6. The Morgan fingerprint density at radius 2 is 0.444 bits per heavy atom. The molecule has 9 heteroatoms. The van der Waals surface area contributed by atoms with Crippen LogP contribution in [-0.4, -0.2) is 32.9 Å². The van der Waals surface area contributed by atoms with Crippen LogP contribution in [0.3, 0.4) is 0 Å². The van der Waals surface area contributed by atoms with Crippen molar-refractivity contribution in [2.75, 3.05) is 0 Å². The molecule has 0 aliphatic heterocycles. The van der Waals surface area contributed by atoms with Gasteiger partial charge in [-0.1, -0.05) is 0 Å². The van der Waals surface area contributed by atoms with Gasteiger partial charge in [0.2, 0.25) is 0 Å². The molecule has 0 saturated heterocycles. The monoisotopic (exact) mass is 330 g/mol. The quantitative estimate of drug-likeness (QED) is 0.510. The molecule has 0 heterocycles. The topological polar surface area (TPSA) is 180 Å². The zero-order valence-electron chi connectivity index (χ0n) is 4.06. The van der Waals surface area contributed by atoms with Crippen molar-refractivity contribution in [3.63, 3.8) is 0 Å². The average molecular weight is 329 g/mol. The Bertz CT molecular complexity index is 13.0. The molecule has 0 aromatic rings. The van der Waals surface area contributed by atoms with E-state index in [4.69, 9.17) is 0 Å². The van der Waals surface area contributed by atoms with Gasteiger partial charge >= 0.3 is 60.9 Å². The Labute approximate surface area is 93.2 Å². The molecule has 62 valence electrons. The second-order valence-corrected chi connectivity index (χ2v) is 0. The second kappa shape index (κ2) is 255. The van der Waals surface area contributed by atoms with Crippen LogP contribution >= 0.6 is 0 Å². The Morgan fingerprint density at radius 3 is 0.444 bits per heavy atom. The molecule has 0 amide bonds. The molecule has 0 aliphatic carbocycles. The zero-order chi connectivity index (χ0) is 0. The molecule has 0 aromatic heterocycles. The fourth-order valence-corrected chi connectivity index (χ4v) is 0. The van der Waals surface area contributed by atoms with Crippen LogP contribution in [0.15, 0.2) is 0 Å². The summed E-state index contributed by atoms with van der Waals surface area (Å²) in [6, 6.07) is 0. The second-order valence-electron chi connectivity index (χ2n) is 0. The molecule has 0 bridgehead atoms. The predicted octanol–water partition coefficient (Wildman–Crippen LogP) is -1.07. The van der Waals surface area contributed by atoms with Crippen LogP contribution in [-0.2, 0) is 60.9 Å². The van der Waals surface area contributed by atoms with Crippen LogP contribution in [0.5, 0.6) is 0 Å². The molecule has 0 saturated carbocycles. The third-order valence-corrected chi connectivity index (χ3v) is 0. The first-order valence-electron chi connectivity index (χ1n) is 0. The predicted molar refractivity (Wildman–Crippen MR) is 11.6 cm³/mol. The molecule has 0 rings (SSSR count). The number of rotatable bonds is 0. The van der Waals surface area contributed by atoms with Crippen LogP contribution in [0.25, 0.3) is 0 Å². The van der Waals surface area contributed by atoms with Gasteiger partial charge in [0, 0.05) is 0 Å². The fraction of sp³-hybridized carbons (Fsp3) is 0. The van der Waals surface area contributed by atoms with E-state index < -0.39 is 0 Å². The molecule has 9 heavy (non-hydrogen) atoms. The Balaban J connectivity index is 0. The molecule has 6 N–H and O–H groups in total. The summed E-state index contributed by atoms with van der Waals surface area (Å²) in [5.74, 6) is 0. The van der Waals surface area contributed by atoms with E-state index in [1.807, 2.05) is 0 Å². The van der Waals surface area contributed by atoms with Crippen molar-refractivity contribution in [2.45, 2.75) is 0 Å². The van der Waals surface area contributed by atoms with E-state index in [-0.39, 0.29) is 93.7 Å². The van der Waals surface area contributed by atoms with Crippen LogP contribution in [0.1, 0.15) is 0 Å². The summed E-state index contributed by atoms with van der Waals surface area (Å²) in [7, 11) is 0. The summed E-state index contributed by atoms with van der Waals surface area (Å²) in [5.41, 5.74) is 0. The van der Waals surface area contributed by atoms with E-state index in [0.717, 1.165) is 0 Å². The van der Waals surface area contributed by atoms with Crippen molar-refractivity contribution in [3.8, 4) is 0 Å². The van der Waals surface area contributed by atoms with Crippen molar-refractivity contribution in [1.29, 1.82) is 0 Å². The maximum absolute atomic E-state index is 0. The SMILES string of the molecule is [Cd+2].[Fe+2].[Ni+2].[OH-].[OH-].[OH-].[OH-].[OH-].[OH-]. The molecule has 0 unspecified atom stereocenters. The average Bonchev–Trinajstić information content (AvgIpc) is 0. The Hall–Kier alpha value is 1.70. The third-order valence-electron chi connectivity index (χ3n) is 0. The van der Waals surface area contributed by atoms with Gasteiger partial charge in [0.1, 0.15) is 0 Å². The van der Waals surface area contributed by atoms with Gasteiger partial charge in [0.15, 0.2) is 0 Å². The standard InChI is InChI=1S/Cd.Fe.Ni.6H2O/h;;;6*1H2/q3*+2;;;;;;/p-6. The molecular weight excluding hydrogens is 323 g/mol. The maximum Gasteiger partial charge on any atom is 2.00 e. The van der Waals surface area contributed by atoms with Gasteiger partial charge < -0.3 is 32.9 Å². The van der Waals surface area contributed by atoms with Gasteiger partial charge in [-0.15, -0.1) is 0 Å². The van der Waals surface area contributed by atoms with E-state index in [1.165, 1.54) is 0 Å². The minimum atomic E-state index is 0. The molecule has 0 radical (unpaired) electrons. The summed E-state index contributed by atoms with van der Waals surface area (Å²) in [6.45, 7) is 0. The third kappa shape index (κ3) is 200. The first-order valence-corrected chi connectivity index (χ1v) is 0.